The molecule has 0 N–H and O–H groups in total. The molecule has 0 unspecified atom stereocenters. The molecule has 14 heavy (non-hydrogen) atoms. The fraction of sp³-hybridized carbons (Fsp3) is 0.700. The standard InChI is InChI=1S/C10H18N2OS/c1-9(2)10-11-3-4-12(10)5-6-13-7-8-14/h3-4,9,14H,5-8H2,1-2H3. The largest absolute Gasteiger partial charge is 0.379 e. The molecule has 0 saturated heterocycles. The maximum Gasteiger partial charge on any atom is 0.111 e. The maximum absolute atomic E-state index is 5.37. The minimum Gasteiger partial charge on any atom is -0.379 e. The third-order valence-electron chi connectivity index (χ3n) is 1.98. The van der Waals surface area contributed by atoms with Gasteiger partial charge in [-0.2, -0.15) is 12.6 Å². The average molecular weight is 214 g/mol. The highest BCUT2D eigenvalue weighted by Crippen LogP contribution is 2.11. The fourth-order valence-electron chi connectivity index (χ4n) is 1.34. The highest BCUT2D eigenvalue weighted by atomic mass is 32.1. The Morgan fingerprint density at radius 2 is 2.29 bits per heavy atom. The van der Waals surface area contributed by atoms with E-state index in [1.165, 1.54) is 0 Å². The zero-order chi connectivity index (χ0) is 10.4. The van der Waals surface area contributed by atoms with Crippen molar-refractivity contribution < 1.29 is 4.74 Å². The van der Waals surface area contributed by atoms with Crippen LogP contribution in [0.1, 0.15) is 25.6 Å². The van der Waals surface area contributed by atoms with E-state index in [0.717, 1.165) is 31.3 Å². The molecule has 0 spiro atoms. The molecule has 0 aliphatic carbocycles. The van der Waals surface area contributed by atoms with Gasteiger partial charge in [0, 0.05) is 30.6 Å². The number of ether oxygens (including phenoxy) is 1. The molecule has 0 bridgehead atoms. The number of rotatable bonds is 6. The van der Waals surface area contributed by atoms with Crippen molar-refractivity contribution in [2.45, 2.75) is 26.3 Å². The van der Waals surface area contributed by atoms with E-state index in [1.54, 1.807) is 0 Å². The highest BCUT2D eigenvalue weighted by Gasteiger charge is 2.05. The third kappa shape index (κ3) is 3.35. The van der Waals surface area contributed by atoms with Gasteiger partial charge in [0.1, 0.15) is 5.82 Å². The van der Waals surface area contributed by atoms with Crippen LogP contribution >= 0.6 is 12.6 Å². The monoisotopic (exact) mass is 214 g/mol. The van der Waals surface area contributed by atoms with Gasteiger partial charge in [-0.25, -0.2) is 4.98 Å². The molecule has 1 rings (SSSR count). The van der Waals surface area contributed by atoms with Crippen molar-refractivity contribution >= 4 is 12.6 Å². The topological polar surface area (TPSA) is 27.1 Å². The van der Waals surface area contributed by atoms with Gasteiger partial charge in [-0.15, -0.1) is 0 Å². The van der Waals surface area contributed by atoms with E-state index in [2.05, 4.69) is 36.0 Å². The summed E-state index contributed by atoms with van der Waals surface area (Å²) in [6.07, 6.45) is 3.84. The zero-order valence-corrected chi connectivity index (χ0v) is 9.70. The Labute approximate surface area is 90.9 Å². The molecular weight excluding hydrogens is 196 g/mol. The smallest absolute Gasteiger partial charge is 0.111 e. The molecule has 4 heteroatoms. The maximum atomic E-state index is 5.37. The lowest BCUT2D eigenvalue weighted by atomic mass is 10.2. The molecule has 80 valence electrons. The van der Waals surface area contributed by atoms with Gasteiger partial charge in [0.2, 0.25) is 0 Å². The van der Waals surface area contributed by atoms with Crippen LogP contribution in [-0.4, -0.2) is 28.5 Å². The highest BCUT2D eigenvalue weighted by molar-refractivity contribution is 7.80. The Kier molecular flexibility index (Phi) is 5.04. The summed E-state index contributed by atoms with van der Waals surface area (Å²) in [7, 11) is 0. The van der Waals surface area contributed by atoms with Crippen molar-refractivity contribution in [1.29, 1.82) is 0 Å². The first kappa shape index (κ1) is 11.6. The molecule has 0 saturated carbocycles. The molecule has 1 aromatic heterocycles. The molecule has 0 aliphatic rings. The molecule has 3 nitrogen and oxygen atoms in total. The number of nitrogens with zero attached hydrogens (tertiary/aromatic N) is 2. The third-order valence-corrected chi connectivity index (χ3v) is 2.16. The van der Waals surface area contributed by atoms with E-state index >= 15 is 0 Å². The fourth-order valence-corrected chi connectivity index (χ4v) is 1.47. The Morgan fingerprint density at radius 1 is 1.50 bits per heavy atom. The zero-order valence-electron chi connectivity index (χ0n) is 8.81. The van der Waals surface area contributed by atoms with E-state index in [1.807, 2.05) is 12.4 Å². The summed E-state index contributed by atoms with van der Waals surface area (Å²) in [5.41, 5.74) is 0. The van der Waals surface area contributed by atoms with Gasteiger partial charge in [-0.1, -0.05) is 13.8 Å². The second kappa shape index (κ2) is 6.09. The molecule has 0 fully saturated rings. The first-order valence-electron chi connectivity index (χ1n) is 4.95. The predicted octanol–water partition coefficient (Wildman–Crippen LogP) is 1.95. The van der Waals surface area contributed by atoms with Crippen LogP contribution < -0.4 is 0 Å². The Morgan fingerprint density at radius 3 is 2.93 bits per heavy atom. The Hall–Kier alpha value is -0.480. The van der Waals surface area contributed by atoms with Crippen LogP contribution in [0.2, 0.25) is 0 Å². The summed E-state index contributed by atoms with van der Waals surface area (Å²) in [6.45, 7) is 6.62. The normalized spacial score (nSPS) is 11.1. The summed E-state index contributed by atoms with van der Waals surface area (Å²) < 4.78 is 7.51. The number of imidazole rings is 1. The van der Waals surface area contributed by atoms with Crippen molar-refractivity contribution in [3.05, 3.63) is 18.2 Å². The van der Waals surface area contributed by atoms with Gasteiger partial charge in [0.15, 0.2) is 0 Å². The number of aromatic nitrogens is 2. The van der Waals surface area contributed by atoms with Crippen LogP contribution in [0.5, 0.6) is 0 Å². The van der Waals surface area contributed by atoms with E-state index in [0.29, 0.717) is 5.92 Å². The van der Waals surface area contributed by atoms with Crippen LogP contribution in [0.4, 0.5) is 0 Å². The van der Waals surface area contributed by atoms with Crippen molar-refractivity contribution in [1.82, 2.24) is 9.55 Å². The van der Waals surface area contributed by atoms with Crippen LogP contribution in [0.25, 0.3) is 0 Å². The van der Waals surface area contributed by atoms with E-state index in [-0.39, 0.29) is 0 Å². The minimum atomic E-state index is 0.467. The minimum absolute atomic E-state index is 0.467. The summed E-state index contributed by atoms with van der Waals surface area (Å²) in [5.74, 6) is 2.37. The van der Waals surface area contributed by atoms with Gasteiger partial charge >= 0.3 is 0 Å². The summed E-state index contributed by atoms with van der Waals surface area (Å²) in [4.78, 5) is 4.31. The first-order valence-corrected chi connectivity index (χ1v) is 5.58. The second-order valence-electron chi connectivity index (χ2n) is 3.47. The average Bonchev–Trinajstić information content (AvgIpc) is 2.60. The molecule has 1 heterocycles. The van der Waals surface area contributed by atoms with Crippen molar-refractivity contribution in [2.75, 3.05) is 19.0 Å². The number of hydrogen-bond donors (Lipinski definition) is 1. The van der Waals surface area contributed by atoms with Gasteiger partial charge in [0.05, 0.1) is 13.2 Å². The SMILES string of the molecule is CC(C)c1nccn1CCOCCS. The van der Waals surface area contributed by atoms with Gasteiger partial charge in [0.25, 0.3) is 0 Å². The van der Waals surface area contributed by atoms with Crippen LogP contribution in [-0.2, 0) is 11.3 Å². The van der Waals surface area contributed by atoms with Gasteiger partial charge in [-0.3, -0.25) is 0 Å². The van der Waals surface area contributed by atoms with Crippen molar-refractivity contribution in [2.24, 2.45) is 0 Å². The van der Waals surface area contributed by atoms with Gasteiger partial charge in [-0.05, 0) is 0 Å². The van der Waals surface area contributed by atoms with E-state index < -0.39 is 0 Å². The van der Waals surface area contributed by atoms with Crippen molar-refractivity contribution in [3.63, 3.8) is 0 Å². The predicted molar refractivity (Wildman–Crippen MR) is 61.0 cm³/mol. The van der Waals surface area contributed by atoms with Crippen molar-refractivity contribution in [3.8, 4) is 0 Å². The lowest BCUT2D eigenvalue weighted by Crippen LogP contribution is -2.10. The molecule has 0 aliphatic heterocycles. The van der Waals surface area contributed by atoms with E-state index in [9.17, 15) is 0 Å². The van der Waals surface area contributed by atoms with E-state index in [4.69, 9.17) is 4.74 Å². The quantitative estimate of drug-likeness (QED) is 0.579. The van der Waals surface area contributed by atoms with Crippen LogP contribution in [0.3, 0.4) is 0 Å². The lowest BCUT2D eigenvalue weighted by molar-refractivity contribution is 0.140. The molecule has 1 aromatic rings. The second-order valence-corrected chi connectivity index (χ2v) is 3.92. The molecular formula is C10H18N2OS. The van der Waals surface area contributed by atoms with Gasteiger partial charge < -0.3 is 9.30 Å². The molecule has 0 radical (unpaired) electrons. The molecule has 0 amide bonds. The summed E-state index contributed by atoms with van der Waals surface area (Å²) in [6, 6.07) is 0. The van der Waals surface area contributed by atoms with Crippen LogP contribution in [0.15, 0.2) is 12.4 Å². The Bertz CT molecular complexity index is 260. The molecule has 0 aromatic carbocycles. The lowest BCUT2D eigenvalue weighted by Gasteiger charge is -2.10. The van der Waals surface area contributed by atoms with Crippen LogP contribution in [0, 0.1) is 0 Å². The Balaban J connectivity index is 2.38. The number of hydrogen-bond acceptors (Lipinski definition) is 3. The summed E-state index contributed by atoms with van der Waals surface area (Å²) >= 11 is 4.08. The summed E-state index contributed by atoms with van der Waals surface area (Å²) in [5, 5.41) is 0. The first-order chi connectivity index (χ1) is 6.75. The molecule has 0 atom stereocenters. The number of thiol groups is 1.